The van der Waals surface area contributed by atoms with Crippen molar-refractivity contribution >= 4 is 16.9 Å². The summed E-state index contributed by atoms with van der Waals surface area (Å²) in [4.78, 5) is 11.3. The number of benzene rings is 2. The first-order valence-corrected chi connectivity index (χ1v) is 7.06. The van der Waals surface area contributed by atoms with Crippen molar-refractivity contribution < 1.29 is 14.6 Å². The molecule has 0 saturated heterocycles. The lowest BCUT2D eigenvalue weighted by Gasteiger charge is -2.07. The van der Waals surface area contributed by atoms with Crippen LogP contribution in [0.1, 0.15) is 21.6 Å². The Hall–Kier alpha value is -2.75. The monoisotopic (exact) mass is 295 g/mol. The van der Waals surface area contributed by atoms with Crippen LogP contribution in [0.15, 0.2) is 48.5 Å². The third-order valence-electron chi connectivity index (χ3n) is 3.82. The van der Waals surface area contributed by atoms with E-state index in [0.717, 1.165) is 22.3 Å². The first-order chi connectivity index (χ1) is 10.6. The van der Waals surface area contributed by atoms with Gasteiger partial charge in [-0.15, -0.1) is 0 Å². The van der Waals surface area contributed by atoms with Crippen molar-refractivity contribution in [2.24, 2.45) is 7.05 Å². The fourth-order valence-electron chi connectivity index (χ4n) is 2.53. The number of fused-ring (bicyclic) bond motifs is 1. The van der Waals surface area contributed by atoms with E-state index in [0.29, 0.717) is 12.2 Å². The highest BCUT2D eigenvalue weighted by molar-refractivity contribution is 6.03. The summed E-state index contributed by atoms with van der Waals surface area (Å²) in [5.74, 6) is -0.114. The van der Waals surface area contributed by atoms with E-state index in [1.54, 1.807) is 12.1 Å². The van der Waals surface area contributed by atoms with Gasteiger partial charge < -0.3 is 14.4 Å². The summed E-state index contributed by atoms with van der Waals surface area (Å²) in [5, 5.41) is 10.0. The summed E-state index contributed by atoms with van der Waals surface area (Å²) in [6.45, 7) is 2.43. The zero-order chi connectivity index (χ0) is 15.7. The molecule has 0 spiro atoms. The van der Waals surface area contributed by atoms with Gasteiger partial charge in [-0.05, 0) is 37.3 Å². The van der Waals surface area contributed by atoms with Gasteiger partial charge in [0.1, 0.15) is 12.4 Å². The lowest BCUT2D eigenvalue weighted by Crippen LogP contribution is -2.01. The average Bonchev–Trinajstić information content (AvgIpc) is 2.83. The number of aromatic carboxylic acids is 1. The Morgan fingerprint density at radius 3 is 2.59 bits per heavy atom. The molecule has 0 atom stereocenters. The Kier molecular flexibility index (Phi) is 3.59. The maximum Gasteiger partial charge on any atom is 0.336 e. The molecule has 0 amide bonds. The summed E-state index contributed by atoms with van der Waals surface area (Å²) in [5.41, 5.74) is 3.32. The van der Waals surface area contributed by atoms with E-state index >= 15 is 0 Å². The molecule has 3 aromatic rings. The molecule has 3 rings (SSSR count). The van der Waals surface area contributed by atoms with E-state index in [2.05, 4.69) is 0 Å². The van der Waals surface area contributed by atoms with E-state index < -0.39 is 5.97 Å². The highest BCUT2D eigenvalue weighted by atomic mass is 16.5. The molecule has 1 heterocycles. The Labute approximate surface area is 128 Å². The quantitative estimate of drug-likeness (QED) is 0.797. The second kappa shape index (κ2) is 5.56. The molecule has 4 heteroatoms. The zero-order valence-electron chi connectivity index (χ0n) is 12.5. The molecular weight excluding hydrogens is 278 g/mol. The number of ether oxygens (including phenoxy) is 1. The van der Waals surface area contributed by atoms with Gasteiger partial charge in [-0.1, -0.05) is 23.8 Å². The van der Waals surface area contributed by atoms with Gasteiger partial charge >= 0.3 is 5.97 Å². The normalized spacial score (nSPS) is 10.8. The third kappa shape index (κ3) is 2.55. The number of aryl methyl sites for hydroxylation is 2. The summed E-state index contributed by atoms with van der Waals surface area (Å²) in [6, 6.07) is 15.0. The smallest absolute Gasteiger partial charge is 0.336 e. The van der Waals surface area contributed by atoms with Crippen molar-refractivity contribution in [2.45, 2.75) is 13.5 Å². The van der Waals surface area contributed by atoms with Crippen LogP contribution in [0, 0.1) is 6.92 Å². The SMILES string of the molecule is Cc1ccc(OCc2cc3c(C(=O)O)cccc3n2C)cc1. The van der Waals surface area contributed by atoms with Crippen LogP contribution in [-0.4, -0.2) is 15.6 Å². The van der Waals surface area contributed by atoms with Crippen molar-refractivity contribution in [3.63, 3.8) is 0 Å². The minimum Gasteiger partial charge on any atom is -0.487 e. The standard InChI is InChI=1S/C18H17NO3/c1-12-6-8-14(9-7-12)22-11-13-10-16-15(18(20)21)4-3-5-17(16)19(13)2/h3-10H,11H2,1-2H3,(H,20,21). The molecule has 0 aliphatic rings. The van der Waals surface area contributed by atoms with E-state index in [1.807, 2.05) is 54.9 Å². The summed E-state index contributed by atoms with van der Waals surface area (Å²) >= 11 is 0. The number of aromatic nitrogens is 1. The van der Waals surface area contributed by atoms with Crippen molar-refractivity contribution in [2.75, 3.05) is 0 Å². The minimum absolute atomic E-state index is 0.315. The van der Waals surface area contributed by atoms with Crippen molar-refractivity contribution in [3.05, 3.63) is 65.4 Å². The number of rotatable bonds is 4. The minimum atomic E-state index is -0.915. The molecule has 4 nitrogen and oxygen atoms in total. The molecule has 0 radical (unpaired) electrons. The number of carbonyl (C=O) groups is 1. The predicted molar refractivity (Wildman–Crippen MR) is 85.4 cm³/mol. The van der Waals surface area contributed by atoms with Gasteiger partial charge in [-0.2, -0.15) is 0 Å². The van der Waals surface area contributed by atoms with Gasteiger partial charge in [-0.3, -0.25) is 0 Å². The molecule has 0 bridgehead atoms. The average molecular weight is 295 g/mol. The van der Waals surface area contributed by atoms with Crippen LogP contribution < -0.4 is 4.74 Å². The molecule has 0 fully saturated rings. The first-order valence-electron chi connectivity index (χ1n) is 7.06. The molecule has 0 aliphatic heterocycles. The molecule has 0 unspecified atom stereocenters. The van der Waals surface area contributed by atoms with E-state index in [9.17, 15) is 9.90 Å². The second-order valence-corrected chi connectivity index (χ2v) is 5.34. The highest BCUT2D eigenvalue weighted by Crippen LogP contribution is 2.24. The van der Waals surface area contributed by atoms with Gasteiger partial charge in [0.05, 0.1) is 11.3 Å². The number of carboxylic acid groups (broad SMARTS) is 1. The largest absolute Gasteiger partial charge is 0.487 e. The number of hydrogen-bond donors (Lipinski definition) is 1. The van der Waals surface area contributed by atoms with Crippen molar-refractivity contribution in [3.8, 4) is 5.75 Å². The maximum absolute atomic E-state index is 11.3. The van der Waals surface area contributed by atoms with Crippen LogP contribution in [0.2, 0.25) is 0 Å². The molecule has 1 aromatic heterocycles. The van der Waals surface area contributed by atoms with Gasteiger partial charge in [-0.25, -0.2) is 4.79 Å². The molecular formula is C18H17NO3. The van der Waals surface area contributed by atoms with Crippen LogP contribution >= 0.6 is 0 Å². The molecule has 1 N–H and O–H groups in total. The van der Waals surface area contributed by atoms with Gasteiger partial charge in [0.25, 0.3) is 0 Å². The van der Waals surface area contributed by atoms with Crippen LogP contribution in [0.3, 0.4) is 0 Å². The highest BCUT2D eigenvalue weighted by Gasteiger charge is 2.13. The van der Waals surface area contributed by atoms with Crippen molar-refractivity contribution in [1.29, 1.82) is 0 Å². The topological polar surface area (TPSA) is 51.5 Å². The van der Waals surface area contributed by atoms with Crippen molar-refractivity contribution in [1.82, 2.24) is 4.57 Å². The molecule has 0 aliphatic carbocycles. The molecule has 2 aromatic carbocycles. The van der Waals surface area contributed by atoms with Crippen LogP contribution in [0.25, 0.3) is 10.9 Å². The Balaban J connectivity index is 1.91. The third-order valence-corrected chi connectivity index (χ3v) is 3.82. The summed E-state index contributed by atoms with van der Waals surface area (Å²) in [7, 11) is 1.92. The zero-order valence-corrected chi connectivity index (χ0v) is 12.5. The van der Waals surface area contributed by atoms with Crippen LogP contribution in [-0.2, 0) is 13.7 Å². The number of nitrogens with zero attached hydrogens (tertiary/aromatic N) is 1. The first kappa shape index (κ1) is 14.2. The fraction of sp³-hybridized carbons (Fsp3) is 0.167. The van der Waals surface area contributed by atoms with Gasteiger partial charge in [0.15, 0.2) is 0 Å². The molecule has 22 heavy (non-hydrogen) atoms. The Morgan fingerprint density at radius 2 is 1.91 bits per heavy atom. The Morgan fingerprint density at radius 1 is 1.18 bits per heavy atom. The molecule has 0 saturated carbocycles. The summed E-state index contributed by atoms with van der Waals surface area (Å²) < 4.78 is 7.76. The van der Waals surface area contributed by atoms with E-state index in [4.69, 9.17) is 4.74 Å². The number of carboxylic acids is 1. The second-order valence-electron chi connectivity index (χ2n) is 5.34. The number of hydrogen-bond acceptors (Lipinski definition) is 2. The predicted octanol–water partition coefficient (Wildman–Crippen LogP) is 3.76. The van der Waals surface area contributed by atoms with Crippen LogP contribution in [0.5, 0.6) is 5.75 Å². The van der Waals surface area contributed by atoms with E-state index in [-0.39, 0.29) is 0 Å². The maximum atomic E-state index is 11.3. The van der Waals surface area contributed by atoms with Gasteiger partial charge in [0, 0.05) is 18.0 Å². The van der Waals surface area contributed by atoms with Crippen LogP contribution in [0.4, 0.5) is 0 Å². The lowest BCUT2D eigenvalue weighted by atomic mass is 10.1. The summed E-state index contributed by atoms with van der Waals surface area (Å²) in [6.07, 6.45) is 0. The van der Waals surface area contributed by atoms with E-state index in [1.165, 1.54) is 5.56 Å². The fourth-order valence-corrected chi connectivity index (χ4v) is 2.53. The van der Waals surface area contributed by atoms with Gasteiger partial charge in [0.2, 0.25) is 0 Å². The lowest BCUT2D eigenvalue weighted by molar-refractivity contribution is 0.0699. The Bertz CT molecular complexity index is 831. The molecule has 112 valence electrons.